The van der Waals surface area contributed by atoms with Crippen molar-refractivity contribution in [1.29, 1.82) is 0 Å². The average Bonchev–Trinajstić information content (AvgIpc) is 2.38. The van der Waals surface area contributed by atoms with E-state index in [1.807, 2.05) is 6.92 Å². The predicted octanol–water partition coefficient (Wildman–Crippen LogP) is 1.81. The predicted molar refractivity (Wildman–Crippen MR) is 71.6 cm³/mol. The Bertz CT molecular complexity index is 365. The lowest BCUT2D eigenvalue weighted by atomic mass is 9.99. The lowest BCUT2D eigenvalue weighted by Crippen LogP contribution is -2.29. The van der Waals surface area contributed by atoms with Crippen molar-refractivity contribution in [3.63, 3.8) is 0 Å². The molecule has 1 N–H and O–H groups in total. The monoisotopic (exact) mass is 234 g/mol. The summed E-state index contributed by atoms with van der Waals surface area (Å²) in [4.78, 5) is 2.29. The molecule has 0 amide bonds. The Morgan fingerprint density at radius 2 is 2.29 bits per heavy atom. The molecule has 0 bridgehead atoms. The lowest BCUT2D eigenvalue weighted by Gasteiger charge is -2.26. The number of hydrogen-bond donors (Lipinski definition) is 1. The summed E-state index contributed by atoms with van der Waals surface area (Å²) in [7, 11) is 2.14. The van der Waals surface area contributed by atoms with Crippen LogP contribution in [0.2, 0.25) is 0 Å². The van der Waals surface area contributed by atoms with Crippen LogP contribution in [0.3, 0.4) is 0 Å². The molecule has 1 aliphatic heterocycles. The van der Waals surface area contributed by atoms with Crippen molar-refractivity contribution in [3.05, 3.63) is 29.3 Å². The zero-order chi connectivity index (χ0) is 12.1. The Morgan fingerprint density at radius 3 is 3.12 bits per heavy atom. The Labute approximate surface area is 104 Å². The summed E-state index contributed by atoms with van der Waals surface area (Å²) in [6.45, 7) is 6.66. The van der Waals surface area contributed by atoms with E-state index >= 15 is 0 Å². The standard InChI is InChI=1S/C14H22N2O/c1-3-17-10-9-16(2)14-6-4-5-12-7-8-15-11-13(12)14/h4-6,15H,3,7-11H2,1-2H3. The molecule has 0 saturated carbocycles. The van der Waals surface area contributed by atoms with Crippen LogP contribution in [0.1, 0.15) is 18.1 Å². The molecule has 0 atom stereocenters. The third-order valence-corrected chi connectivity index (χ3v) is 3.31. The van der Waals surface area contributed by atoms with Crippen LogP contribution < -0.4 is 10.2 Å². The summed E-state index contributed by atoms with van der Waals surface area (Å²) in [5.41, 5.74) is 4.29. The van der Waals surface area contributed by atoms with Gasteiger partial charge in [-0.2, -0.15) is 0 Å². The number of ether oxygens (including phenoxy) is 1. The highest BCUT2D eigenvalue weighted by molar-refractivity contribution is 5.57. The van der Waals surface area contributed by atoms with E-state index < -0.39 is 0 Å². The summed E-state index contributed by atoms with van der Waals surface area (Å²) in [6, 6.07) is 6.62. The number of likely N-dealkylation sites (N-methyl/N-ethyl adjacent to an activating group) is 1. The van der Waals surface area contributed by atoms with E-state index in [0.717, 1.165) is 39.3 Å². The molecule has 0 radical (unpaired) electrons. The Balaban J connectivity index is 2.09. The fourth-order valence-corrected chi connectivity index (χ4v) is 2.32. The quantitative estimate of drug-likeness (QED) is 0.786. The van der Waals surface area contributed by atoms with Gasteiger partial charge < -0.3 is 15.0 Å². The first-order valence-electron chi connectivity index (χ1n) is 6.43. The van der Waals surface area contributed by atoms with Crippen molar-refractivity contribution in [2.75, 3.05) is 38.3 Å². The van der Waals surface area contributed by atoms with Crippen LogP contribution in [0.25, 0.3) is 0 Å². The Hall–Kier alpha value is -1.06. The molecule has 3 heteroatoms. The molecular weight excluding hydrogens is 212 g/mol. The van der Waals surface area contributed by atoms with Gasteiger partial charge in [0.2, 0.25) is 0 Å². The first-order valence-corrected chi connectivity index (χ1v) is 6.43. The minimum Gasteiger partial charge on any atom is -0.380 e. The molecule has 0 aromatic heterocycles. The maximum Gasteiger partial charge on any atom is 0.0641 e. The van der Waals surface area contributed by atoms with E-state index in [1.54, 1.807) is 0 Å². The van der Waals surface area contributed by atoms with Crippen molar-refractivity contribution >= 4 is 5.69 Å². The van der Waals surface area contributed by atoms with Crippen LogP contribution in [-0.2, 0) is 17.7 Å². The second kappa shape index (κ2) is 6.03. The average molecular weight is 234 g/mol. The molecule has 1 aromatic carbocycles. The summed E-state index contributed by atoms with van der Waals surface area (Å²) in [5.74, 6) is 0. The van der Waals surface area contributed by atoms with Crippen LogP contribution in [-0.4, -0.2) is 33.4 Å². The van der Waals surface area contributed by atoms with Crippen LogP contribution >= 0.6 is 0 Å². The van der Waals surface area contributed by atoms with Gasteiger partial charge in [-0.1, -0.05) is 12.1 Å². The Kier molecular flexibility index (Phi) is 4.40. The molecule has 94 valence electrons. The molecular formula is C14H22N2O. The maximum absolute atomic E-state index is 5.41. The van der Waals surface area contributed by atoms with Crippen LogP contribution in [0.5, 0.6) is 0 Å². The summed E-state index contributed by atoms with van der Waals surface area (Å²) in [5, 5.41) is 3.45. The van der Waals surface area contributed by atoms with E-state index in [4.69, 9.17) is 4.74 Å². The van der Waals surface area contributed by atoms with Crippen molar-refractivity contribution in [3.8, 4) is 0 Å². The summed E-state index contributed by atoms with van der Waals surface area (Å²) >= 11 is 0. The minimum atomic E-state index is 0.794. The van der Waals surface area contributed by atoms with Gasteiger partial charge in [-0.25, -0.2) is 0 Å². The highest BCUT2D eigenvalue weighted by atomic mass is 16.5. The van der Waals surface area contributed by atoms with Gasteiger partial charge in [0, 0.05) is 32.4 Å². The molecule has 3 nitrogen and oxygen atoms in total. The molecule has 1 heterocycles. The summed E-state index contributed by atoms with van der Waals surface area (Å²) in [6.07, 6.45) is 1.14. The van der Waals surface area contributed by atoms with Gasteiger partial charge in [-0.3, -0.25) is 0 Å². The largest absolute Gasteiger partial charge is 0.380 e. The molecule has 1 aromatic rings. The number of rotatable bonds is 5. The maximum atomic E-state index is 5.41. The van der Waals surface area contributed by atoms with Gasteiger partial charge in [0.05, 0.1) is 6.61 Å². The number of benzene rings is 1. The van der Waals surface area contributed by atoms with Gasteiger partial charge in [0.25, 0.3) is 0 Å². The fourth-order valence-electron chi connectivity index (χ4n) is 2.32. The number of nitrogens with one attached hydrogen (secondary N) is 1. The van der Waals surface area contributed by atoms with Crippen LogP contribution in [0.15, 0.2) is 18.2 Å². The third kappa shape index (κ3) is 2.99. The van der Waals surface area contributed by atoms with E-state index in [0.29, 0.717) is 0 Å². The Morgan fingerprint density at radius 1 is 1.41 bits per heavy atom. The van der Waals surface area contributed by atoms with Crippen LogP contribution in [0.4, 0.5) is 5.69 Å². The SMILES string of the molecule is CCOCCN(C)c1cccc2c1CNCC2. The van der Waals surface area contributed by atoms with Gasteiger partial charge in [-0.15, -0.1) is 0 Å². The van der Waals surface area contributed by atoms with Crippen LogP contribution in [0, 0.1) is 0 Å². The molecule has 0 fully saturated rings. The van der Waals surface area contributed by atoms with Gasteiger partial charge >= 0.3 is 0 Å². The smallest absolute Gasteiger partial charge is 0.0641 e. The number of hydrogen-bond acceptors (Lipinski definition) is 3. The van der Waals surface area contributed by atoms with Crippen molar-refractivity contribution in [1.82, 2.24) is 5.32 Å². The first kappa shape index (κ1) is 12.4. The van der Waals surface area contributed by atoms with Crippen molar-refractivity contribution in [2.24, 2.45) is 0 Å². The zero-order valence-corrected chi connectivity index (χ0v) is 10.8. The molecule has 0 aliphatic carbocycles. The molecule has 17 heavy (non-hydrogen) atoms. The van der Waals surface area contributed by atoms with Crippen molar-refractivity contribution in [2.45, 2.75) is 19.9 Å². The molecule has 0 spiro atoms. The topological polar surface area (TPSA) is 24.5 Å². The molecule has 0 saturated heterocycles. The highest BCUT2D eigenvalue weighted by Gasteiger charge is 2.14. The third-order valence-electron chi connectivity index (χ3n) is 3.31. The van der Waals surface area contributed by atoms with E-state index in [9.17, 15) is 0 Å². The first-order chi connectivity index (χ1) is 8.33. The van der Waals surface area contributed by atoms with Crippen molar-refractivity contribution < 1.29 is 4.74 Å². The number of fused-ring (bicyclic) bond motifs is 1. The normalized spacial score (nSPS) is 14.5. The lowest BCUT2D eigenvalue weighted by molar-refractivity contribution is 0.154. The molecule has 1 aliphatic rings. The molecule has 0 unspecified atom stereocenters. The number of anilines is 1. The fraction of sp³-hybridized carbons (Fsp3) is 0.571. The van der Waals surface area contributed by atoms with E-state index in [1.165, 1.54) is 16.8 Å². The van der Waals surface area contributed by atoms with Gasteiger partial charge in [-0.05, 0) is 37.1 Å². The minimum absolute atomic E-state index is 0.794. The van der Waals surface area contributed by atoms with Gasteiger partial charge in [0.15, 0.2) is 0 Å². The van der Waals surface area contributed by atoms with E-state index in [-0.39, 0.29) is 0 Å². The second-order valence-corrected chi connectivity index (χ2v) is 4.46. The number of nitrogens with zero attached hydrogens (tertiary/aromatic N) is 1. The second-order valence-electron chi connectivity index (χ2n) is 4.46. The molecule has 2 rings (SSSR count). The summed E-state index contributed by atoms with van der Waals surface area (Å²) < 4.78 is 5.41. The van der Waals surface area contributed by atoms with E-state index in [2.05, 4.69) is 35.5 Å². The highest BCUT2D eigenvalue weighted by Crippen LogP contribution is 2.25. The zero-order valence-electron chi connectivity index (χ0n) is 10.8. The van der Waals surface area contributed by atoms with Gasteiger partial charge in [0.1, 0.15) is 0 Å².